The smallest absolute Gasteiger partial charge is 0.170 e. The Balaban J connectivity index is 2.39. The minimum atomic E-state index is 0.452. The van der Waals surface area contributed by atoms with E-state index in [0.29, 0.717) is 5.69 Å². The molecule has 3 rings (SSSR count). The highest BCUT2D eigenvalue weighted by atomic mass is 79.9. The van der Waals surface area contributed by atoms with Gasteiger partial charge in [0.1, 0.15) is 17.3 Å². The Morgan fingerprint density at radius 3 is 2.62 bits per heavy atom. The van der Waals surface area contributed by atoms with Gasteiger partial charge in [0.2, 0.25) is 0 Å². The number of nitrogens with zero attached hydrogens (tertiary/aromatic N) is 3. The molecule has 4 nitrogen and oxygen atoms in total. The number of rotatable bonds is 3. The van der Waals surface area contributed by atoms with E-state index in [9.17, 15) is 4.79 Å². The van der Waals surface area contributed by atoms with Crippen molar-refractivity contribution < 1.29 is 4.79 Å². The molecule has 0 N–H and O–H groups in total. The van der Waals surface area contributed by atoms with Crippen LogP contribution in [0.15, 0.2) is 46.9 Å². The number of anilines is 1. The van der Waals surface area contributed by atoms with Crippen molar-refractivity contribution >= 4 is 33.6 Å². The summed E-state index contributed by atoms with van der Waals surface area (Å²) in [5.74, 6) is 1.74. The van der Waals surface area contributed by atoms with E-state index in [0.717, 1.165) is 33.5 Å². The van der Waals surface area contributed by atoms with Gasteiger partial charge in [-0.15, -0.1) is 0 Å². The maximum absolute atomic E-state index is 11.3. The fraction of sp³-hybridized carbons (Fsp3) is 0.125. The third-order valence-electron chi connectivity index (χ3n) is 3.32. The van der Waals surface area contributed by atoms with E-state index in [2.05, 4.69) is 20.9 Å². The summed E-state index contributed by atoms with van der Waals surface area (Å²) in [6.07, 6.45) is 0.802. The van der Waals surface area contributed by atoms with E-state index in [1.807, 2.05) is 65.9 Å². The molecule has 0 atom stereocenters. The highest BCUT2D eigenvalue weighted by Gasteiger charge is 2.15. The molecule has 0 unspecified atom stereocenters. The van der Waals surface area contributed by atoms with Gasteiger partial charge in [0.05, 0.1) is 5.52 Å². The van der Waals surface area contributed by atoms with Crippen LogP contribution in [0.1, 0.15) is 10.5 Å². The third kappa shape index (κ3) is 2.34. The standard InChI is InChI=1S/C16H14BrN3O/c1-19(2)15-8-4-7-14-13(10-21)18-16(20(14)15)11-5-3-6-12(17)9-11/h3-10H,1-2H3. The Bertz CT molecular complexity index is 824. The van der Waals surface area contributed by atoms with E-state index in [4.69, 9.17) is 0 Å². The lowest BCUT2D eigenvalue weighted by Crippen LogP contribution is -2.13. The molecule has 1 aromatic carbocycles. The summed E-state index contributed by atoms with van der Waals surface area (Å²) in [6.45, 7) is 0. The van der Waals surface area contributed by atoms with Gasteiger partial charge in [-0.25, -0.2) is 4.98 Å². The largest absolute Gasteiger partial charge is 0.364 e. The highest BCUT2D eigenvalue weighted by molar-refractivity contribution is 9.10. The van der Waals surface area contributed by atoms with Crippen LogP contribution in [-0.4, -0.2) is 29.8 Å². The van der Waals surface area contributed by atoms with Gasteiger partial charge in [-0.05, 0) is 24.3 Å². The lowest BCUT2D eigenvalue weighted by Gasteiger charge is -2.16. The monoisotopic (exact) mass is 343 g/mol. The number of pyridine rings is 1. The Hall–Kier alpha value is -2.14. The maximum atomic E-state index is 11.3. The number of halogens is 1. The maximum Gasteiger partial charge on any atom is 0.170 e. The zero-order chi connectivity index (χ0) is 15.0. The first kappa shape index (κ1) is 13.8. The molecule has 0 spiro atoms. The van der Waals surface area contributed by atoms with Crippen molar-refractivity contribution in [3.8, 4) is 11.4 Å². The lowest BCUT2D eigenvalue weighted by molar-refractivity contribution is 0.112. The molecule has 5 heteroatoms. The summed E-state index contributed by atoms with van der Waals surface area (Å²) in [7, 11) is 3.94. The number of carbonyl (C=O) groups is 1. The van der Waals surface area contributed by atoms with Crippen LogP contribution < -0.4 is 4.90 Å². The molecule has 0 amide bonds. The first-order chi connectivity index (χ1) is 10.1. The van der Waals surface area contributed by atoms with Gasteiger partial charge >= 0.3 is 0 Å². The average molecular weight is 344 g/mol. The van der Waals surface area contributed by atoms with Crippen molar-refractivity contribution in [2.45, 2.75) is 0 Å². The topological polar surface area (TPSA) is 37.6 Å². The summed E-state index contributed by atoms with van der Waals surface area (Å²) in [5.41, 5.74) is 2.22. The lowest BCUT2D eigenvalue weighted by atomic mass is 10.2. The summed E-state index contributed by atoms with van der Waals surface area (Å²) in [6, 6.07) is 13.8. The summed E-state index contributed by atoms with van der Waals surface area (Å²) in [4.78, 5) is 17.8. The van der Waals surface area contributed by atoms with E-state index in [-0.39, 0.29) is 0 Å². The highest BCUT2D eigenvalue weighted by Crippen LogP contribution is 2.28. The molecule has 0 fully saturated rings. The molecule has 106 valence electrons. The van der Waals surface area contributed by atoms with Gasteiger partial charge in [0.25, 0.3) is 0 Å². The molecule has 0 saturated heterocycles. The van der Waals surface area contributed by atoms with E-state index in [1.165, 1.54) is 0 Å². The minimum Gasteiger partial charge on any atom is -0.364 e. The van der Waals surface area contributed by atoms with Gasteiger partial charge < -0.3 is 4.90 Å². The van der Waals surface area contributed by atoms with Crippen molar-refractivity contribution in [3.63, 3.8) is 0 Å². The van der Waals surface area contributed by atoms with E-state index >= 15 is 0 Å². The number of imidazole rings is 1. The summed E-state index contributed by atoms with van der Waals surface area (Å²) in [5, 5.41) is 0. The molecule has 0 aliphatic rings. The number of aromatic nitrogens is 2. The fourth-order valence-electron chi connectivity index (χ4n) is 2.40. The van der Waals surface area contributed by atoms with Crippen LogP contribution in [0.2, 0.25) is 0 Å². The summed E-state index contributed by atoms with van der Waals surface area (Å²) >= 11 is 3.48. The van der Waals surface area contributed by atoms with Crippen LogP contribution in [0.25, 0.3) is 16.9 Å². The van der Waals surface area contributed by atoms with Gasteiger partial charge in [-0.3, -0.25) is 9.20 Å². The number of carbonyl (C=O) groups excluding carboxylic acids is 1. The number of hydrogen-bond acceptors (Lipinski definition) is 3. The van der Waals surface area contributed by atoms with Gasteiger partial charge in [-0.2, -0.15) is 0 Å². The van der Waals surface area contributed by atoms with Crippen molar-refractivity contribution in [2.75, 3.05) is 19.0 Å². The summed E-state index contributed by atoms with van der Waals surface area (Å²) < 4.78 is 2.98. The Morgan fingerprint density at radius 1 is 1.19 bits per heavy atom. The van der Waals surface area contributed by atoms with Crippen LogP contribution in [0.3, 0.4) is 0 Å². The second kappa shape index (κ2) is 5.33. The van der Waals surface area contributed by atoms with Gasteiger partial charge in [0.15, 0.2) is 6.29 Å². The van der Waals surface area contributed by atoms with Crippen LogP contribution in [-0.2, 0) is 0 Å². The first-order valence-electron chi connectivity index (χ1n) is 6.51. The molecule has 0 aliphatic carbocycles. The van der Waals surface area contributed by atoms with Gasteiger partial charge in [0, 0.05) is 24.1 Å². The normalized spacial score (nSPS) is 10.8. The predicted octanol–water partition coefficient (Wildman–Crippen LogP) is 3.64. The quantitative estimate of drug-likeness (QED) is 0.681. The van der Waals surface area contributed by atoms with Crippen molar-refractivity contribution in [1.29, 1.82) is 0 Å². The molecular formula is C16H14BrN3O. The predicted molar refractivity (Wildman–Crippen MR) is 88.0 cm³/mol. The van der Waals surface area contributed by atoms with Crippen LogP contribution >= 0.6 is 15.9 Å². The van der Waals surface area contributed by atoms with Crippen molar-refractivity contribution in [2.24, 2.45) is 0 Å². The molecule has 0 bridgehead atoms. The van der Waals surface area contributed by atoms with Crippen LogP contribution in [0, 0.1) is 0 Å². The molecule has 0 aliphatic heterocycles. The molecular weight excluding hydrogens is 330 g/mol. The molecule has 0 saturated carbocycles. The van der Waals surface area contributed by atoms with Crippen molar-refractivity contribution in [1.82, 2.24) is 9.38 Å². The fourth-order valence-corrected chi connectivity index (χ4v) is 2.80. The number of fused-ring (bicyclic) bond motifs is 1. The van der Waals surface area contributed by atoms with Gasteiger partial charge in [-0.1, -0.05) is 34.1 Å². The zero-order valence-corrected chi connectivity index (χ0v) is 13.3. The third-order valence-corrected chi connectivity index (χ3v) is 3.82. The van der Waals surface area contributed by atoms with E-state index < -0.39 is 0 Å². The zero-order valence-electron chi connectivity index (χ0n) is 11.7. The Morgan fingerprint density at radius 2 is 1.95 bits per heavy atom. The molecule has 3 aromatic rings. The molecule has 2 aromatic heterocycles. The van der Waals surface area contributed by atoms with Crippen LogP contribution in [0.4, 0.5) is 5.82 Å². The Labute approximate surface area is 131 Å². The molecule has 0 radical (unpaired) electrons. The second-order valence-electron chi connectivity index (χ2n) is 4.95. The number of benzene rings is 1. The average Bonchev–Trinajstić information content (AvgIpc) is 2.85. The SMILES string of the molecule is CN(C)c1cccc2c(C=O)nc(-c3cccc(Br)c3)n12. The van der Waals surface area contributed by atoms with E-state index in [1.54, 1.807) is 0 Å². The number of hydrogen-bond donors (Lipinski definition) is 0. The minimum absolute atomic E-state index is 0.452. The van der Waals surface area contributed by atoms with Crippen LogP contribution in [0.5, 0.6) is 0 Å². The Kier molecular flexibility index (Phi) is 3.51. The molecule has 21 heavy (non-hydrogen) atoms. The first-order valence-corrected chi connectivity index (χ1v) is 7.31. The number of aldehydes is 1. The molecule has 2 heterocycles. The van der Waals surface area contributed by atoms with Crippen molar-refractivity contribution in [3.05, 3.63) is 52.6 Å². The second-order valence-corrected chi connectivity index (χ2v) is 5.86.